The molecular formula is C9H19NO3. The molecule has 0 bridgehead atoms. The molecule has 0 aliphatic carbocycles. The first-order valence-corrected chi connectivity index (χ1v) is 4.47. The molecule has 0 aromatic carbocycles. The number of cyclic esters (lactones) is 1. The van der Waals surface area contributed by atoms with Crippen LogP contribution in [0.15, 0.2) is 0 Å². The molecule has 1 fully saturated rings. The van der Waals surface area contributed by atoms with Crippen LogP contribution in [0.5, 0.6) is 0 Å². The first-order chi connectivity index (χ1) is 6.24. The summed E-state index contributed by atoms with van der Waals surface area (Å²) in [5.41, 5.74) is 0. The summed E-state index contributed by atoms with van der Waals surface area (Å²) in [6.45, 7) is 4.00. The molecule has 4 nitrogen and oxygen atoms in total. The van der Waals surface area contributed by atoms with E-state index in [9.17, 15) is 9.59 Å². The number of hydrogen-bond acceptors (Lipinski definition) is 4. The zero-order chi connectivity index (χ0) is 10.7. The SMILES string of the molecule is CC.CNC.O=CC1CCC(=O)O1. The largest absolute Gasteiger partial charge is 0.455 e. The quantitative estimate of drug-likeness (QED) is 0.488. The third-order valence-corrected chi connectivity index (χ3v) is 1.07. The minimum absolute atomic E-state index is 0.262. The molecule has 1 N–H and O–H groups in total. The van der Waals surface area contributed by atoms with Gasteiger partial charge in [0.15, 0.2) is 12.4 Å². The van der Waals surface area contributed by atoms with Crippen molar-refractivity contribution in [2.45, 2.75) is 32.8 Å². The van der Waals surface area contributed by atoms with E-state index in [4.69, 9.17) is 0 Å². The van der Waals surface area contributed by atoms with Crippen molar-refractivity contribution in [1.29, 1.82) is 0 Å². The van der Waals surface area contributed by atoms with Crippen molar-refractivity contribution in [2.24, 2.45) is 0 Å². The Hall–Kier alpha value is -0.900. The number of esters is 1. The first-order valence-electron chi connectivity index (χ1n) is 4.47. The minimum atomic E-state index is -0.456. The minimum Gasteiger partial charge on any atom is -0.455 e. The third-order valence-electron chi connectivity index (χ3n) is 1.07. The highest BCUT2D eigenvalue weighted by Crippen LogP contribution is 2.10. The van der Waals surface area contributed by atoms with Crippen LogP contribution >= 0.6 is 0 Å². The number of ether oxygens (including phenoxy) is 1. The monoisotopic (exact) mass is 189 g/mol. The second-order valence-electron chi connectivity index (χ2n) is 2.20. The van der Waals surface area contributed by atoms with Crippen LogP contribution in [-0.4, -0.2) is 32.5 Å². The summed E-state index contributed by atoms with van der Waals surface area (Å²) in [5.74, 6) is -0.262. The van der Waals surface area contributed by atoms with Gasteiger partial charge >= 0.3 is 5.97 Å². The summed E-state index contributed by atoms with van der Waals surface area (Å²) in [4.78, 5) is 20.1. The summed E-state index contributed by atoms with van der Waals surface area (Å²) in [5, 5.41) is 2.75. The number of aldehydes is 1. The predicted molar refractivity (Wildman–Crippen MR) is 51.5 cm³/mol. The molecule has 1 rings (SSSR count). The molecule has 0 saturated carbocycles. The molecule has 1 saturated heterocycles. The molecule has 0 radical (unpaired) electrons. The third kappa shape index (κ3) is 9.01. The lowest BCUT2D eigenvalue weighted by Gasteiger charge is -1.94. The van der Waals surface area contributed by atoms with Crippen LogP contribution in [0, 0.1) is 0 Å². The first kappa shape index (κ1) is 14.6. The smallest absolute Gasteiger partial charge is 0.306 e. The number of carbonyl (C=O) groups is 2. The van der Waals surface area contributed by atoms with Crippen molar-refractivity contribution >= 4 is 12.3 Å². The highest BCUT2D eigenvalue weighted by atomic mass is 16.6. The Bertz CT molecular complexity index is 137. The second kappa shape index (κ2) is 11.1. The molecular weight excluding hydrogens is 170 g/mol. The Kier molecular flexibility index (Phi) is 12.5. The van der Waals surface area contributed by atoms with Gasteiger partial charge in [0.2, 0.25) is 0 Å². The molecule has 1 aliphatic rings. The van der Waals surface area contributed by atoms with Crippen LogP contribution in [0.4, 0.5) is 0 Å². The van der Waals surface area contributed by atoms with Gasteiger partial charge in [-0.25, -0.2) is 0 Å². The van der Waals surface area contributed by atoms with Gasteiger partial charge in [-0.05, 0) is 14.1 Å². The van der Waals surface area contributed by atoms with E-state index in [-0.39, 0.29) is 5.97 Å². The molecule has 78 valence electrons. The van der Waals surface area contributed by atoms with E-state index in [0.717, 1.165) is 0 Å². The Labute approximate surface area is 79.7 Å². The lowest BCUT2D eigenvalue weighted by molar-refractivity contribution is -0.144. The van der Waals surface area contributed by atoms with E-state index < -0.39 is 6.10 Å². The van der Waals surface area contributed by atoms with E-state index >= 15 is 0 Å². The van der Waals surface area contributed by atoms with Gasteiger partial charge in [0.25, 0.3) is 0 Å². The van der Waals surface area contributed by atoms with Crippen LogP contribution in [-0.2, 0) is 14.3 Å². The van der Waals surface area contributed by atoms with Crippen molar-refractivity contribution in [3.05, 3.63) is 0 Å². The molecule has 0 aromatic heterocycles. The molecule has 0 spiro atoms. The maximum absolute atomic E-state index is 10.2. The fourth-order valence-corrected chi connectivity index (χ4v) is 0.643. The van der Waals surface area contributed by atoms with Crippen LogP contribution in [0.1, 0.15) is 26.7 Å². The predicted octanol–water partition coefficient (Wildman–Crippen LogP) is 0.753. The second-order valence-corrected chi connectivity index (χ2v) is 2.20. The molecule has 13 heavy (non-hydrogen) atoms. The average Bonchev–Trinajstić information content (AvgIpc) is 2.56. The molecule has 1 atom stereocenters. The summed E-state index contributed by atoms with van der Waals surface area (Å²) >= 11 is 0. The van der Waals surface area contributed by atoms with Gasteiger partial charge in [-0.15, -0.1) is 0 Å². The highest BCUT2D eigenvalue weighted by Gasteiger charge is 2.21. The highest BCUT2D eigenvalue weighted by molar-refractivity contribution is 5.76. The van der Waals surface area contributed by atoms with Crippen LogP contribution in [0.3, 0.4) is 0 Å². The van der Waals surface area contributed by atoms with Crippen LogP contribution in [0.2, 0.25) is 0 Å². The summed E-state index contributed by atoms with van der Waals surface area (Å²) in [6, 6.07) is 0. The maximum atomic E-state index is 10.2. The lowest BCUT2D eigenvalue weighted by Crippen LogP contribution is -2.06. The standard InChI is InChI=1S/C5H6O3.C2H7N.C2H6/c6-3-4-1-2-5(7)8-4;1-3-2;1-2/h3-4H,1-2H2;3H,1-2H3;1-2H3. The van der Waals surface area contributed by atoms with E-state index in [1.807, 2.05) is 27.9 Å². The Balaban J connectivity index is 0. The molecule has 0 amide bonds. The number of hydrogen-bond donors (Lipinski definition) is 1. The fraction of sp³-hybridized carbons (Fsp3) is 0.778. The summed E-state index contributed by atoms with van der Waals surface area (Å²) in [7, 11) is 3.75. The van der Waals surface area contributed by atoms with Gasteiger partial charge in [-0.2, -0.15) is 0 Å². The molecule has 4 heteroatoms. The Morgan fingerprint density at radius 2 is 1.92 bits per heavy atom. The zero-order valence-electron chi connectivity index (χ0n) is 8.79. The number of rotatable bonds is 1. The van der Waals surface area contributed by atoms with Gasteiger partial charge in [-0.3, -0.25) is 9.59 Å². The fourth-order valence-electron chi connectivity index (χ4n) is 0.643. The van der Waals surface area contributed by atoms with Gasteiger partial charge in [-0.1, -0.05) is 13.8 Å². The van der Waals surface area contributed by atoms with Gasteiger partial charge in [0.05, 0.1) is 0 Å². The van der Waals surface area contributed by atoms with Crippen molar-refractivity contribution in [2.75, 3.05) is 14.1 Å². The van der Waals surface area contributed by atoms with Crippen LogP contribution < -0.4 is 5.32 Å². The molecule has 1 heterocycles. The van der Waals surface area contributed by atoms with Crippen molar-refractivity contribution < 1.29 is 14.3 Å². The van der Waals surface area contributed by atoms with Crippen molar-refractivity contribution in [1.82, 2.24) is 5.32 Å². The number of carbonyl (C=O) groups excluding carboxylic acids is 2. The number of nitrogens with one attached hydrogen (secondary N) is 1. The topological polar surface area (TPSA) is 55.4 Å². The summed E-state index contributed by atoms with van der Waals surface area (Å²) in [6.07, 6.45) is 1.15. The zero-order valence-corrected chi connectivity index (χ0v) is 8.79. The van der Waals surface area contributed by atoms with Gasteiger partial charge in [0, 0.05) is 12.8 Å². The normalized spacial score (nSPS) is 18.8. The van der Waals surface area contributed by atoms with E-state index in [1.54, 1.807) is 0 Å². The molecule has 0 aromatic rings. The van der Waals surface area contributed by atoms with Gasteiger partial charge < -0.3 is 10.1 Å². The maximum Gasteiger partial charge on any atom is 0.306 e. The average molecular weight is 189 g/mol. The Morgan fingerprint density at radius 1 is 1.46 bits per heavy atom. The van der Waals surface area contributed by atoms with E-state index in [1.165, 1.54) is 0 Å². The molecule has 1 unspecified atom stereocenters. The van der Waals surface area contributed by atoms with Gasteiger partial charge in [0.1, 0.15) is 0 Å². The lowest BCUT2D eigenvalue weighted by atomic mass is 10.3. The van der Waals surface area contributed by atoms with Crippen molar-refractivity contribution in [3.8, 4) is 0 Å². The molecule has 1 aliphatic heterocycles. The van der Waals surface area contributed by atoms with Crippen LogP contribution in [0.25, 0.3) is 0 Å². The Morgan fingerprint density at radius 3 is 2.08 bits per heavy atom. The van der Waals surface area contributed by atoms with Crippen molar-refractivity contribution in [3.63, 3.8) is 0 Å². The summed E-state index contributed by atoms with van der Waals surface area (Å²) < 4.78 is 4.50. The van der Waals surface area contributed by atoms with E-state index in [2.05, 4.69) is 10.1 Å². The van der Waals surface area contributed by atoms with E-state index in [0.29, 0.717) is 19.1 Å².